The quantitative estimate of drug-likeness (QED) is 0.263. The van der Waals surface area contributed by atoms with Crippen LogP contribution in [0.4, 0.5) is 0 Å². The van der Waals surface area contributed by atoms with Gasteiger partial charge in [0, 0.05) is 13.0 Å². The molecule has 5 N–H and O–H groups in total. The number of carbonyl (C=O) groups is 1. The van der Waals surface area contributed by atoms with Crippen molar-refractivity contribution < 1.29 is 14.6 Å². The van der Waals surface area contributed by atoms with Gasteiger partial charge in [-0.15, -0.1) is 0 Å². The average molecular weight is 160 g/mol. The molecular formula is C6H12N2O3. The Morgan fingerprint density at radius 3 is 2.64 bits per heavy atom. The van der Waals surface area contributed by atoms with E-state index in [2.05, 4.69) is 0 Å². The molecule has 64 valence electrons. The SMILES string of the molecule is NC(=O)C(N)=COCCCO. The summed E-state index contributed by atoms with van der Waals surface area (Å²) in [5.41, 5.74) is 9.76. The lowest BCUT2D eigenvalue weighted by Crippen LogP contribution is -2.20. The van der Waals surface area contributed by atoms with Crippen LogP contribution in [0.25, 0.3) is 0 Å². The molecule has 0 saturated heterocycles. The molecule has 0 saturated carbocycles. The Hall–Kier alpha value is -1.23. The maximum absolute atomic E-state index is 10.3. The van der Waals surface area contributed by atoms with Crippen LogP contribution in [0.15, 0.2) is 12.0 Å². The maximum atomic E-state index is 10.3. The van der Waals surface area contributed by atoms with Gasteiger partial charge in [0.2, 0.25) is 0 Å². The van der Waals surface area contributed by atoms with Gasteiger partial charge in [0.05, 0.1) is 6.61 Å². The van der Waals surface area contributed by atoms with Crippen LogP contribution in [0.5, 0.6) is 0 Å². The summed E-state index contributed by atoms with van der Waals surface area (Å²) in [6.07, 6.45) is 1.58. The molecule has 0 aliphatic carbocycles. The van der Waals surface area contributed by atoms with E-state index in [9.17, 15) is 4.79 Å². The lowest BCUT2D eigenvalue weighted by atomic mass is 10.5. The zero-order valence-electron chi connectivity index (χ0n) is 6.12. The summed E-state index contributed by atoms with van der Waals surface area (Å²) < 4.78 is 4.75. The second-order valence-corrected chi connectivity index (χ2v) is 1.89. The smallest absolute Gasteiger partial charge is 0.267 e. The van der Waals surface area contributed by atoms with Crippen LogP contribution in [0, 0.1) is 0 Å². The normalized spacial score (nSPS) is 11.2. The van der Waals surface area contributed by atoms with Gasteiger partial charge in [-0.05, 0) is 0 Å². The minimum Gasteiger partial charge on any atom is -0.499 e. The highest BCUT2D eigenvalue weighted by Crippen LogP contribution is 1.86. The van der Waals surface area contributed by atoms with E-state index in [1.54, 1.807) is 0 Å². The summed E-state index contributed by atoms with van der Waals surface area (Å²) >= 11 is 0. The van der Waals surface area contributed by atoms with Gasteiger partial charge in [-0.2, -0.15) is 0 Å². The van der Waals surface area contributed by atoms with Gasteiger partial charge < -0.3 is 21.3 Å². The van der Waals surface area contributed by atoms with E-state index >= 15 is 0 Å². The van der Waals surface area contributed by atoms with Crippen LogP contribution >= 0.6 is 0 Å². The first-order chi connectivity index (χ1) is 5.18. The number of nitrogens with two attached hydrogens (primary N) is 2. The summed E-state index contributed by atoms with van der Waals surface area (Å²) in [4.78, 5) is 10.3. The van der Waals surface area contributed by atoms with E-state index in [4.69, 9.17) is 21.3 Å². The van der Waals surface area contributed by atoms with Crippen molar-refractivity contribution in [2.45, 2.75) is 6.42 Å². The number of hydrogen-bond acceptors (Lipinski definition) is 4. The van der Waals surface area contributed by atoms with Gasteiger partial charge in [-0.3, -0.25) is 4.79 Å². The lowest BCUT2D eigenvalue weighted by Gasteiger charge is -1.98. The number of aliphatic hydroxyl groups is 1. The largest absolute Gasteiger partial charge is 0.499 e. The number of aliphatic hydroxyl groups excluding tert-OH is 1. The monoisotopic (exact) mass is 160 g/mol. The summed E-state index contributed by atoms with van der Waals surface area (Å²) in [7, 11) is 0. The van der Waals surface area contributed by atoms with E-state index in [-0.39, 0.29) is 12.3 Å². The lowest BCUT2D eigenvalue weighted by molar-refractivity contribution is -0.114. The summed E-state index contributed by atoms with van der Waals surface area (Å²) in [6, 6.07) is 0. The van der Waals surface area contributed by atoms with Gasteiger partial charge in [0.1, 0.15) is 12.0 Å². The van der Waals surface area contributed by atoms with Crippen LogP contribution in [-0.4, -0.2) is 24.2 Å². The van der Waals surface area contributed by atoms with Gasteiger partial charge in [0.15, 0.2) is 0 Å². The number of primary amides is 1. The molecule has 5 nitrogen and oxygen atoms in total. The minimum absolute atomic E-state index is 0.0459. The fraction of sp³-hybridized carbons (Fsp3) is 0.500. The molecule has 0 bridgehead atoms. The highest BCUT2D eigenvalue weighted by molar-refractivity contribution is 5.90. The summed E-state index contributed by atoms with van der Waals surface area (Å²) in [5, 5.41) is 8.32. The van der Waals surface area contributed by atoms with Gasteiger partial charge in [-0.25, -0.2) is 0 Å². The highest BCUT2D eigenvalue weighted by Gasteiger charge is 1.96. The van der Waals surface area contributed by atoms with E-state index < -0.39 is 5.91 Å². The second-order valence-electron chi connectivity index (χ2n) is 1.89. The van der Waals surface area contributed by atoms with Crippen LogP contribution in [0.1, 0.15) is 6.42 Å². The molecule has 1 amide bonds. The number of ether oxygens (including phenoxy) is 1. The highest BCUT2D eigenvalue weighted by atomic mass is 16.5. The van der Waals surface area contributed by atoms with Crippen molar-refractivity contribution >= 4 is 5.91 Å². The first-order valence-corrected chi connectivity index (χ1v) is 3.16. The molecule has 0 atom stereocenters. The molecule has 0 aromatic carbocycles. The molecule has 0 aromatic heterocycles. The Bertz CT molecular complexity index is 156. The van der Waals surface area contributed by atoms with Crippen LogP contribution < -0.4 is 11.5 Å². The van der Waals surface area contributed by atoms with E-state index in [1.165, 1.54) is 0 Å². The molecule has 0 aliphatic rings. The fourth-order valence-corrected chi connectivity index (χ4v) is 0.355. The summed E-state index contributed by atoms with van der Waals surface area (Å²) in [6.45, 7) is 0.370. The predicted molar refractivity (Wildman–Crippen MR) is 39.1 cm³/mol. The molecule has 0 unspecified atom stereocenters. The fourth-order valence-electron chi connectivity index (χ4n) is 0.355. The van der Waals surface area contributed by atoms with Gasteiger partial charge in [0.25, 0.3) is 5.91 Å². The van der Waals surface area contributed by atoms with Crippen LogP contribution in [0.3, 0.4) is 0 Å². The Morgan fingerprint density at radius 1 is 1.55 bits per heavy atom. The average Bonchev–Trinajstić information content (AvgIpc) is 1.97. The van der Waals surface area contributed by atoms with E-state index in [0.717, 1.165) is 6.26 Å². The molecule has 0 radical (unpaired) electrons. The van der Waals surface area contributed by atoms with Gasteiger partial charge >= 0.3 is 0 Å². The predicted octanol–water partition coefficient (Wildman–Crippen LogP) is -1.33. The molecule has 0 rings (SSSR count). The van der Waals surface area contributed by atoms with Crippen molar-refractivity contribution in [3.05, 3.63) is 12.0 Å². The summed E-state index contributed by atoms with van der Waals surface area (Å²) in [5.74, 6) is -0.714. The zero-order chi connectivity index (χ0) is 8.69. The van der Waals surface area contributed by atoms with Crippen LogP contribution in [-0.2, 0) is 9.53 Å². The third-order valence-electron chi connectivity index (χ3n) is 0.915. The zero-order valence-corrected chi connectivity index (χ0v) is 6.12. The van der Waals surface area contributed by atoms with Crippen molar-refractivity contribution in [1.82, 2.24) is 0 Å². The molecule has 0 fully saturated rings. The van der Waals surface area contributed by atoms with Gasteiger partial charge in [-0.1, -0.05) is 0 Å². The molecule has 0 aliphatic heterocycles. The molecular weight excluding hydrogens is 148 g/mol. The van der Waals surface area contributed by atoms with Crippen molar-refractivity contribution in [2.75, 3.05) is 13.2 Å². The third kappa shape index (κ3) is 5.23. The Morgan fingerprint density at radius 2 is 2.18 bits per heavy atom. The van der Waals surface area contributed by atoms with Crippen molar-refractivity contribution in [3.63, 3.8) is 0 Å². The first kappa shape index (κ1) is 9.77. The van der Waals surface area contributed by atoms with Crippen molar-refractivity contribution in [2.24, 2.45) is 11.5 Å². The number of rotatable bonds is 5. The van der Waals surface area contributed by atoms with E-state index in [0.29, 0.717) is 13.0 Å². The molecule has 5 heteroatoms. The Balaban J connectivity index is 3.48. The molecule has 0 heterocycles. The number of carbonyl (C=O) groups excluding carboxylic acids is 1. The topological polar surface area (TPSA) is 98.6 Å². The standard InChI is InChI=1S/C6H12N2O3/c7-5(6(8)10)4-11-3-1-2-9/h4,9H,1-3,7H2,(H2,8,10). The second kappa shape index (κ2) is 5.55. The van der Waals surface area contributed by atoms with Crippen LogP contribution in [0.2, 0.25) is 0 Å². The molecule has 0 spiro atoms. The van der Waals surface area contributed by atoms with Crippen molar-refractivity contribution in [1.29, 1.82) is 0 Å². The molecule has 11 heavy (non-hydrogen) atoms. The Kier molecular flexibility index (Phi) is 4.93. The Labute approximate surface area is 64.6 Å². The van der Waals surface area contributed by atoms with Crippen molar-refractivity contribution in [3.8, 4) is 0 Å². The van der Waals surface area contributed by atoms with E-state index in [1.807, 2.05) is 0 Å². The number of amides is 1. The number of hydrogen-bond donors (Lipinski definition) is 3. The minimum atomic E-state index is -0.714. The third-order valence-corrected chi connectivity index (χ3v) is 0.915. The maximum Gasteiger partial charge on any atom is 0.267 e. The first-order valence-electron chi connectivity index (χ1n) is 3.16. The molecule has 0 aromatic rings.